The van der Waals surface area contributed by atoms with Gasteiger partial charge in [0.2, 0.25) is 0 Å². The highest BCUT2D eigenvalue weighted by Crippen LogP contribution is 2.29. The smallest absolute Gasteiger partial charge is 0.322 e. The summed E-state index contributed by atoms with van der Waals surface area (Å²) in [6.07, 6.45) is 3.45. The molecule has 1 aromatic heterocycles. The van der Waals surface area contributed by atoms with Crippen LogP contribution in [-0.2, 0) is 0 Å². The third kappa shape index (κ3) is 6.50. The Labute approximate surface area is 238 Å². The first-order chi connectivity index (χ1) is 19.0. The van der Waals surface area contributed by atoms with E-state index in [0.717, 1.165) is 29.5 Å². The summed E-state index contributed by atoms with van der Waals surface area (Å²) in [6, 6.07) is 21.6. The van der Waals surface area contributed by atoms with Gasteiger partial charge in [0.1, 0.15) is 11.6 Å². The second kappa shape index (κ2) is 13.4. The number of hydrogen-bond donors (Lipinski definition) is 1. The number of amides is 2. The van der Waals surface area contributed by atoms with Crippen LogP contribution in [0.5, 0.6) is 5.75 Å². The average Bonchev–Trinajstić information content (AvgIpc) is 2.95. The van der Waals surface area contributed by atoms with Gasteiger partial charge in [-0.05, 0) is 84.2 Å². The van der Waals surface area contributed by atoms with Crippen molar-refractivity contribution in [2.45, 2.75) is 52.5 Å². The summed E-state index contributed by atoms with van der Waals surface area (Å²) >= 11 is 3.53. The van der Waals surface area contributed by atoms with E-state index in [1.807, 2.05) is 85.5 Å². The Morgan fingerprint density at radius 3 is 2.41 bits per heavy atom. The molecule has 0 saturated carbocycles. The van der Waals surface area contributed by atoms with Crippen LogP contribution in [0.25, 0.3) is 16.6 Å². The molecule has 0 spiro atoms. The van der Waals surface area contributed by atoms with Crippen molar-refractivity contribution in [1.82, 2.24) is 14.5 Å². The highest BCUT2D eigenvalue weighted by molar-refractivity contribution is 9.10. The van der Waals surface area contributed by atoms with Crippen LogP contribution in [-0.4, -0.2) is 33.6 Å². The van der Waals surface area contributed by atoms with Gasteiger partial charge >= 0.3 is 6.03 Å². The van der Waals surface area contributed by atoms with E-state index >= 15 is 0 Å². The number of halogens is 1. The third-order valence-corrected chi connectivity index (χ3v) is 7.34. The van der Waals surface area contributed by atoms with E-state index in [9.17, 15) is 9.59 Å². The number of urea groups is 1. The van der Waals surface area contributed by atoms with E-state index in [0.29, 0.717) is 47.7 Å². The number of para-hydroxylation sites is 2. The van der Waals surface area contributed by atoms with E-state index in [1.165, 1.54) is 0 Å². The maximum Gasteiger partial charge on any atom is 0.322 e. The molecule has 3 aromatic carbocycles. The maximum atomic E-state index is 13.9. The Balaban J connectivity index is 1.85. The lowest BCUT2D eigenvalue weighted by Crippen LogP contribution is -2.41. The van der Waals surface area contributed by atoms with Crippen molar-refractivity contribution in [1.29, 1.82) is 0 Å². The number of hydrogen-bond acceptors (Lipinski definition) is 4. The topological polar surface area (TPSA) is 76.5 Å². The lowest BCUT2D eigenvalue weighted by atomic mass is 10.1. The minimum Gasteiger partial charge on any atom is -0.494 e. The van der Waals surface area contributed by atoms with Gasteiger partial charge in [0, 0.05) is 11.0 Å². The minimum absolute atomic E-state index is 0.169. The van der Waals surface area contributed by atoms with Gasteiger partial charge in [-0.25, -0.2) is 9.78 Å². The molecule has 7 nitrogen and oxygen atoms in total. The Bertz CT molecular complexity index is 1470. The number of anilines is 1. The number of rotatable bonds is 11. The number of fused-ring (bicyclic) bond motifs is 1. The SMILES string of the molecule is CCCCCN(C(=O)Nc1ccccc1Br)C(CC)c1nc2ccccc2c(=O)n1-c1ccc(OCC)cc1. The molecule has 0 aliphatic rings. The van der Waals surface area contributed by atoms with Gasteiger partial charge in [0.05, 0.1) is 34.9 Å². The first-order valence-corrected chi connectivity index (χ1v) is 14.3. The van der Waals surface area contributed by atoms with E-state index in [2.05, 4.69) is 28.2 Å². The third-order valence-electron chi connectivity index (χ3n) is 6.65. The summed E-state index contributed by atoms with van der Waals surface area (Å²) in [7, 11) is 0. The second-order valence-corrected chi connectivity index (χ2v) is 10.1. The number of benzene rings is 3. The van der Waals surface area contributed by atoms with Crippen LogP contribution in [0.1, 0.15) is 58.3 Å². The fourth-order valence-corrected chi connectivity index (χ4v) is 5.09. The molecule has 0 fully saturated rings. The quantitative estimate of drug-likeness (QED) is 0.181. The zero-order valence-electron chi connectivity index (χ0n) is 22.7. The fourth-order valence-electron chi connectivity index (χ4n) is 4.70. The predicted molar refractivity (Wildman–Crippen MR) is 161 cm³/mol. The molecular weight excluding hydrogens is 556 g/mol. The normalized spacial score (nSPS) is 11.8. The van der Waals surface area contributed by atoms with Crippen molar-refractivity contribution in [3.8, 4) is 11.4 Å². The van der Waals surface area contributed by atoms with Gasteiger partial charge in [-0.2, -0.15) is 0 Å². The van der Waals surface area contributed by atoms with Crippen LogP contribution < -0.4 is 15.6 Å². The number of carbonyl (C=O) groups excluding carboxylic acids is 1. The summed E-state index contributed by atoms with van der Waals surface area (Å²) in [5, 5.41) is 3.59. The molecular formula is C31H35BrN4O3. The summed E-state index contributed by atoms with van der Waals surface area (Å²) in [6.45, 7) is 7.18. The van der Waals surface area contributed by atoms with Crippen LogP contribution in [0.4, 0.5) is 10.5 Å². The molecule has 2 amide bonds. The molecule has 39 heavy (non-hydrogen) atoms. The monoisotopic (exact) mass is 590 g/mol. The van der Waals surface area contributed by atoms with Crippen LogP contribution >= 0.6 is 15.9 Å². The number of unbranched alkanes of at least 4 members (excludes halogenated alkanes) is 2. The molecule has 204 valence electrons. The zero-order valence-corrected chi connectivity index (χ0v) is 24.3. The first-order valence-electron chi connectivity index (χ1n) is 13.6. The molecule has 8 heteroatoms. The average molecular weight is 592 g/mol. The summed E-state index contributed by atoms with van der Waals surface area (Å²) in [5.74, 6) is 1.26. The molecule has 4 rings (SSSR count). The van der Waals surface area contributed by atoms with E-state index in [4.69, 9.17) is 9.72 Å². The Morgan fingerprint density at radius 2 is 1.72 bits per heavy atom. The van der Waals surface area contributed by atoms with Crippen LogP contribution in [0.3, 0.4) is 0 Å². The minimum atomic E-state index is -0.437. The molecule has 0 aliphatic heterocycles. The molecule has 4 aromatic rings. The molecule has 1 N–H and O–H groups in total. The van der Waals surface area contributed by atoms with Gasteiger partial charge in [-0.15, -0.1) is 0 Å². The maximum absolute atomic E-state index is 13.9. The number of nitrogens with zero attached hydrogens (tertiary/aromatic N) is 3. The van der Waals surface area contributed by atoms with Gasteiger partial charge in [0.15, 0.2) is 0 Å². The predicted octanol–water partition coefficient (Wildman–Crippen LogP) is 7.72. The Kier molecular flexibility index (Phi) is 9.76. The number of aromatic nitrogens is 2. The van der Waals surface area contributed by atoms with Crippen molar-refractivity contribution in [2.75, 3.05) is 18.5 Å². The number of carbonyl (C=O) groups is 1. The van der Waals surface area contributed by atoms with Crippen LogP contribution in [0.2, 0.25) is 0 Å². The van der Waals surface area contributed by atoms with Crippen molar-refractivity contribution in [3.05, 3.63) is 93.4 Å². The molecule has 0 saturated heterocycles. The van der Waals surface area contributed by atoms with Gasteiger partial charge < -0.3 is 15.0 Å². The summed E-state index contributed by atoms with van der Waals surface area (Å²) in [5.41, 5.74) is 1.80. The number of nitrogens with one attached hydrogen (secondary N) is 1. The lowest BCUT2D eigenvalue weighted by molar-refractivity contribution is 0.179. The summed E-state index contributed by atoms with van der Waals surface area (Å²) < 4.78 is 8.06. The standard InChI is InChI=1S/C31H35BrN4O3/c1-4-7-12-21-35(31(38)34-27-16-11-9-14-25(27)32)28(5-2)29-33-26-15-10-8-13-24(26)30(37)36(29)22-17-19-23(20-18-22)39-6-3/h8-11,13-20,28H,4-7,12,21H2,1-3H3,(H,34,38). The molecule has 0 aliphatic carbocycles. The Hall–Kier alpha value is -3.65. The molecule has 0 bridgehead atoms. The molecule has 0 radical (unpaired) electrons. The van der Waals surface area contributed by atoms with Crippen molar-refractivity contribution < 1.29 is 9.53 Å². The van der Waals surface area contributed by atoms with E-state index in [-0.39, 0.29) is 11.6 Å². The molecule has 1 unspecified atom stereocenters. The van der Waals surface area contributed by atoms with Crippen LogP contribution in [0.15, 0.2) is 82.1 Å². The van der Waals surface area contributed by atoms with Crippen molar-refractivity contribution in [2.24, 2.45) is 0 Å². The van der Waals surface area contributed by atoms with Gasteiger partial charge in [-0.3, -0.25) is 9.36 Å². The molecule has 1 heterocycles. The van der Waals surface area contributed by atoms with Gasteiger partial charge in [0.25, 0.3) is 5.56 Å². The Morgan fingerprint density at radius 1 is 1.00 bits per heavy atom. The van der Waals surface area contributed by atoms with E-state index in [1.54, 1.807) is 10.6 Å². The van der Waals surface area contributed by atoms with Crippen LogP contribution in [0, 0.1) is 0 Å². The van der Waals surface area contributed by atoms with Crippen molar-refractivity contribution >= 4 is 38.6 Å². The summed E-state index contributed by atoms with van der Waals surface area (Å²) in [4.78, 5) is 34.6. The lowest BCUT2D eigenvalue weighted by Gasteiger charge is -2.32. The molecule has 1 atom stereocenters. The number of ether oxygens (including phenoxy) is 1. The van der Waals surface area contributed by atoms with Crippen molar-refractivity contribution in [3.63, 3.8) is 0 Å². The largest absolute Gasteiger partial charge is 0.494 e. The zero-order chi connectivity index (χ0) is 27.8. The fraction of sp³-hybridized carbons (Fsp3) is 0.323. The second-order valence-electron chi connectivity index (χ2n) is 9.29. The van der Waals surface area contributed by atoms with E-state index < -0.39 is 6.04 Å². The highest BCUT2D eigenvalue weighted by Gasteiger charge is 2.29. The first kappa shape index (κ1) is 28.4. The van der Waals surface area contributed by atoms with Gasteiger partial charge in [-0.1, -0.05) is 51.0 Å². The highest BCUT2D eigenvalue weighted by atomic mass is 79.9.